The van der Waals surface area contributed by atoms with Crippen molar-refractivity contribution < 1.29 is 12.7 Å². The Kier molecular flexibility index (Phi) is 9.42. The Balaban J connectivity index is 0.000000970. The number of aliphatic imine (C=N–C) groups is 2. The summed E-state index contributed by atoms with van der Waals surface area (Å²) < 4.78 is 0. The summed E-state index contributed by atoms with van der Waals surface area (Å²) >= 11 is 0.569. The molecule has 0 spiro atoms. The average molecular weight is 422 g/mol. The van der Waals surface area contributed by atoms with Gasteiger partial charge in [0.1, 0.15) is 0 Å². The molecule has 0 aromatic heterocycles. The Bertz CT molecular complexity index is 672. The molecule has 0 aliphatic carbocycles. The van der Waals surface area contributed by atoms with Gasteiger partial charge in [0, 0.05) is 12.4 Å². The van der Waals surface area contributed by atoms with Gasteiger partial charge in [0.05, 0.1) is 11.4 Å². The summed E-state index contributed by atoms with van der Waals surface area (Å²) in [6.45, 7) is 12.6. The molecule has 0 N–H and O–H groups in total. The fourth-order valence-electron chi connectivity index (χ4n) is 2.97. The molecule has 0 unspecified atom stereocenters. The van der Waals surface area contributed by atoms with Crippen LogP contribution in [0.5, 0.6) is 0 Å². The maximum atomic E-state index is 4.70. The molecule has 0 aliphatic rings. The summed E-state index contributed by atoms with van der Waals surface area (Å²) in [5.74, 6) is 0. The van der Waals surface area contributed by atoms with Crippen LogP contribution < -0.4 is 0 Å². The van der Waals surface area contributed by atoms with E-state index in [1.54, 1.807) is 12.4 Å². The topological polar surface area (TPSA) is 24.7 Å². The van der Waals surface area contributed by atoms with E-state index in [0.717, 1.165) is 11.4 Å². The van der Waals surface area contributed by atoms with Gasteiger partial charge in [-0.15, -0.1) is 0 Å². The van der Waals surface area contributed by atoms with Crippen LogP contribution in [0.1, 0.15) is 33.4 Å². The van der Waals surface area contributed by atoms with Crippen LogP contribution in [0.15, 0.2) is 34.3 Å². The van der Waals surface area contributed by atoms with Crippen molar-refractivity contribution in [1.29, 1.82) is 0 Å². The summed E-state index contributed by atoms with van der Waals surface area (Å²) in [6, 6.07) is 8.63. The van der Waals surface area contributed by atoms with E-state index in [1.807, 2.05) is 0 Å². The van der Waals surface area contributed by atoms with Crippen LogP contribution in [0.2, 0.25) is 0 Å². The third kappa shape index (κ3) is 6.94. The number of benzene rings is 2. The second-order valence-electron chi connectivity index (χ2n) is 6.10. The number of aryl methyl sites for hydroxylation is 6. The minimum absolute atomic E-state index is 0.569. The molecule has 0 saturated carbocycles. The summed E-state index contributed by atoms with van der Waals surface area (Å²) in [6.07, 6.45) is 3.56. The van der Waals surface area contributed by atoms with Gasteiger partial charge in [-0.3, -0.25) is 9.98 Å². The van der Waals surface area contributed by atoms with Gasteiger partial charge in [0.2, 0.25) is 0 Å². The molecule has 0 amide bonds. The van der Waals surface area contributed by atoms with Crippen molar-refractivity contribution in [3.8, 4) is 0 Å². The first kappa shape index (κ1) is 21.9. The van der Waals surface area contributed by atoms with Gasteiger partial charge >= 0.3 is 33.0 Å². The summed E-state index contributed by atoms with van der Waals surface area (Å²) in [5, 5.41) is 0. The molecule has 0 atom stereocenters. The van der Waals surface area contributed by atoms with Gasteiger partial charge < -0.3 is 0 Å². The molecule has 0 aliphatic heterocycles. The van der Waals surface area contributed by atoms with E-state index in [1.165, 1.54) is 33.4 Å². The minimum atomic E-state index is 0.569. The number of halogens is 2. The molecule has 2 nitrogen and oxygen atoms in total. The second-order valence-corrected chi connectivity index (χ2v) is 7.73. The SMILES string of the molecule is Cc1cc(C)c(N=CC=Nc2c(C)cc(C)cc2C)c(C)c1.[Cl][Ni][Cl]. The third-order valence-corrected chi connectivity index (χ3v) is 3.74. The Labute approximate surface area is 165 Å². The Morgan fingerprint density at radius 2 is 0.880 bits per heavy atom. The first-order valence-corrected chi connectivity index (χ1v) is 10.6. The summed E-state index contributed by atoms with van der Waals surface area (Å²) in [5.41, 5.74) is 9.41. The average Bonchev–Trinajstić information content (AvgIpc) is 2.48. The second kappa shape index (κ2) is 10.8. The van der Waals surface area contributed by atoms with Gasteiger partial charge in [0.15, 0.2) is 0 Å². The predicted molar refractivity (Wildman–Crippen MR) is 109 cm³/mol. The molecular weight excluding hydrogens is 398 g/mol. The molecular formula is C20H24Cl2N2Ni. The van der Waals surface area contributed by atoms with Gasteiger partial charge in [0.25, 0.3) is 0 Å². The number of rotatable bonds is 3. The maximum absolute atomic E-state index is 4.70. The van der Waals surface area contributed by atoms with Gasteiger partial charge in [-0.25, -0.2) is 0 Å². The fourth-order valence-corrected chi connectivity index (χ4v) is 2.97. The first-order valence-electron chi connectivity index (χ1n) is 7.85. The molecule has 0 saturated heterocycles. The van der Waals surface area contributed by atoms with Crippen molar-refractivity contribution in [2.24, 2.45) is 9.98 Å². The van der Waals surface area contributed by atoms with E-state index in [0.29, 0.717) is 12.7 Å². The van der Waals surface area contributed by atoms with Crippen LogP contribution in [0.25, 0.3) is 0 Å². The standard InChI is InChI=1S/C20H24N2.2ClH.Ni/c1-13-9-15(3)19(16(4)10-13)21-7-8-22-20-17(5)11-14(2)12-18(20)6;;;/h7-12H,1-6H3;2*1H;/q;;;+2/p-2. The zero-order valence-corrected chi connectivity index (χ0v) is 17.9. The van der Waals surface area contributed by atoms with Crippen molar-refractivity contribution in [3.05, 3.63) is 57.6 Å². The van der Waals surface area contributed by atoms with Crippen molar-refractivity contribution in [2.45, 2.75) is 41.5 Å². The molecule has 0 bridgehead atoms. The van der Waals surface area contributed by atoms with Crippen LogP contribution >= 0.6 is 20.4 Å². The van der Waals surface area contributed by atoms with E-state index < -0.39 is 0 Å². The zero-order valence-electron chi connectivity index (χ0n) is 15.4. The predicted octanol–water partition coefficient (Wildman–Crippen LogP) is 7.02. The molecule has 5 heteroatoms. The van der Waals surface area contributed by atoms with Crippen LogP contribution in [-0.2, 0) is 12.7 Å². The van der Waals surface area contributed by atoms with Gasteiger partial charge in [-0.05, 0) is 63.8 Å². The van der Waals surface area contributed by atoms with Crippen molar-refractivity contribution in [1.82, 2.24) is 0 Å². The van der Waals surface area contributed by atoms with E-state index in [9.17, 15) is 0 Å². The monoisotopic (exact) mass is 420 g/mol. The number of hydrogen-bond acceptors (Lipinski definition) is 2. The van der Waals surface area contributed by atoms with Gasteiger partial charge in [-0.2, -0.15) is 0 Å². The Morgan fingerprint density at radius 3 is 1.12 bits per heavy atom. The Hall–Kier alpha value is -1.15. The zero-order chi connectivity index (χ0) is 19.0. The van der Waals surface area contributed by atoms with Gasteiger partial charge in [-0.1, -0.05) is 35.4 Å². The van der Waals surface area contributed by atoms with Crippen molar-refractivity contribution >= 4 is 44.2 Å². The molecule has 2 rings (SSSR count). The molecule has 25 heavy (non-hydrogen) atoms. The van der Waals surface area contributed by atoms with Crippen molar-refractivity contribution in [2.75, 3.05) is 0 Å². The normalized spacial score (nSPS) is 11.2. The van der Waals surface area contributed by atoms with Crippen LogP contribution in [0.3, 0.4) is 0 Å². The van der Waals surface area contributed by atoms with E-state index in [-0.39, 0.29) is 0 Å². The third-order valence-electron chi connectivity index (χ3n) is 3.74. The van der Waals surface area contributed by atoms with E-state index >= 15 is 0 Å². The molecule has 138 valence electrons. The fraction of sp³-hybridized carbons (Fsp3) is 0.300. The van der Waals surface area contributed by atoms with Crippen LogP contribution in [0, 0.1) is 41.5 Å². The Morgan fingerprint density at radius 1 is 0.640 bits per heavy atom. The molecule has 2 aromatic carbocycles. The summed E-state index contributed by atoms with van der Waals surface area (Å²) in [7, 11) is 9.40. The number of nitrogens with zero attached hydrogens (tertiary/aromatic N) is 2. The molecule has 0 heterocycles. The van der Waals surface area contributed by atoms with Crippen molar-refractivity contribution in [3.63, 3.8) is 0 Å². The quantitative estimate of drug-likeness (QED) is 0.375. The van der Waals surface area contributed by atoms with Crippen LogP contribution in [-0.4, -0.2) is 12.4 Å². The molecule has 0 fully saturated rings. The summed E-state index contributed by atoms with van der Waals surface area (Å²) in [4.78, 5) is 9.13. The van der Waals surface area contributed by atoms with E-state index in [2.05, 4.69) is 75.8 Å². The first-order chi connectivity index (χ1) is 11.8. The molecule has 0 radical (unpaired) electrons. The van der Waals surface area contributed by atoms with E-state index in [4.69, 9.17) is 20.4 Å². The number of hydrogen-bond donors (Lipinski definition) is 0. The van der Waals surface area contributed by atoms with Crippen LogP contribution in [0.4, 0.5) is 11.4 Å². The molecule has 2 aromatic rings.